The van der Waals surface area contributed by atoms with Gasteiger partial charge in [-0.1, -0.05) is 12.1 Å². The van der Waals surface area contributed by atoms with Crippen LogP contribution in [0.5, 0.6) is 5.75 Å². The Kier molecular flexibility index (Phi) is 4.37. The van der Waals surface area contributed by atoms with Crippen LogP contribution in [0, 0.1) is 20.8 Å². The number of carboxylic acid groups (broad SMARTS) is 1. The van der Waals surface area contributed by atoms with Gasteiger partial charge in [0, 0.05) is 0 Å². The second kappa shape index (κ2) is 6.05. The van der Waals surface area contributed by atoms with E-state index in [9.17, 15) is 14.7 Å². The molecule has 0 unspecified atom stereocenters. The van der Waals surface area contributed by atoms with Crippen molar-refractivity contribution in [3.8, 4) is 5.75 Å². The van der Waals surface area contributed by atoms with Gasteiger partial charge in [0.15, 0.2) is 11.6 Å². The standard InChI is InChI=1S/C15H15NO4S/c1-8-5-4-6-12(9(8)2)20-7-11(17)14-16-10(3)13(21-14)15(18)19/h4-6H,7H2,1-3H3,(H,18,19)/p-1. The molecule has 0 saturated carbocycles. The van der Waals surface area contributed by atoms with Gasteiger partial charge in [-0.2, -0.15) is 0 Å². The number of ether oxygens (including phenoxy) is 1. The highest BCUT2D eigenvalue weighted by Gasteiger charge is 2.16. The summed E-state index contributed by atoms with van der Waals surface area (Å²) in [5, 5.41) is 11.0. The molecule has 6 heteroatoms. The summed E-state index contributed by atoms with van der Waals surface area (Å²) in [4.78, 5) is 26.8. The third-order valence-electron chi connectivity index (χ3n) is 3.13. The molecule has 1 aromatic carbocycles. The molecule has 5 nitrogen and oxygen atoms in total. The van der Waals surface area contributed by atoms with Crippen molar-refractivity contribution in [1.29, 1.82) is 0 Å². The van der Waals surface area contributed by atoms with Crippen LogP contribution in [0.1, 0.15) is 36.3 Å². The lowest BCUT2D eigenvalue weighted by Gasteiger charge is -2.09. The summed E-state index contributed by atoms with van der Waals surface area (Å²) in [6.07, 6.45) is 0. The molecule has 0 spiro atoms. The summed E-state index contributed by atoms with van der Waals surface area (Å²) in [5.41, 5.74) is 2.33. The Labute approximate surface area is 126 Å². The molecule has 110 valence electrons. The second-order valence-electron chi connectivity index (χ2n) is 4.63. The highest BCUT2D eigenvalue weighted by Crippen LogP contribution is 2.22. The summed E-state index contributed by atoms with van der Waals surface area (Å²) in [6.45, 7) is 5.23. The number of rotatable bonds is 5. The van der Waals surface area contributed by atoms with E-state index in [1.807, 2.05) is 26.0 Å². The molecular weight excluding hydrogens is 290 g/mol. The first-order valence-corrected chi connectivity index (χ1v) is 7.12. The lowest BCUT2D eigenvalue weighted by Crippen LogP contribution is -2.21. The van der Waals surface area contributed by atoms with Crippen molar-refractivity contribution in [2.45, 2.75) is 20.8 Å². The van der Waals surface area contributed by atoms with Crippen LogP contribution in [-0.4, -0.2) is 23.3 Å². The molecule has 21 heavy (non-hydrogen) atoms. The largest absolute Gasteiger partial charge is 0.544 e. The molecule has 0 saturated heterocycles. The lowest BCUT2D eigenvalue weighted by atomic mass is 10.1. The fourth-order valence-corrected chi connectivity index (χ4v) is 2.62. The van der Waals surface area contributed by atoms with Crippen molar-refractivity contribution in [1.82, 2.24) is 4.98 Å². The molecule has 0 amide bonds. The number of aryl methyl sites for hydroxylation is 2. The molecule has 2 aromatic rings. The molecule has 1 heterocycles. The number of ketones is 1. The molecule has 0 aliphatic heterocycles. The van der Waals surface area contributed by atoms with Gasteiger partial charge in [-0.25, -0.2) is 4.98 Å². The van der Waals surface area contributed by atoms with Crippen LogP contribution in [0.15, 0.2) is 18.2 Å². The summed E-state index contributed by atoms with van der Waals surface area (Å²) >= 11 is 0.816. The van der Waals surface area contributed by atoms with E-state index in [1.165, 1.54) is 6.92 Å². The van der Waals surface area contributed by atoms with Gasteiger partial charge in [0.2, 0.25) is 5.78 Å². The monoisotopic (exact) mass is 304 g/mol. The van der Waals surface area contributed by atoms with E-state index in [4.69, 9.17) is 4.74 Å². The van der Waals surface area contributed by atoms with E-state index in [1.54, 1.807) is 6.07 Å². The average molecular weight is 304 g/mol. The van der Waals surface area contributed by atoms with Crippen LogP contribution >= 0.6 is 11.3 Å². The van der Waals surface area contributed by atoms with Gasteiger partial charge < -0.3 is 14.6 Å². The Morgan fingerprint density at radius 3 is 2.62 bits per heavy atom. The minimum Gasteiger partial charge on any atom is -0.544 e. The lowest BCUT2D eigenvalue weighted by molar-refractivity contribution is -0.254. The van der Waals surface area contributed by atoms with Gasteiger partial charge in [0.05, 0.1) is 16.5 Å². The summed E-state index contributed by atoms with van der Waals surface area (Å²) in [5.74, 6) is -1.03. The van der Waals surface area contributed by atoms with Crippen molar-refractivity contribution in [2.75, 3.05) is 6.61 Å². The third-order valence-corrected chi connectivity index (χ3v) is 4.31. The van der Waals surface area contributed by atoms with Crippen molar-refractivity contribution in [3.05, 3.63) is 44.9 Å². The first-order chi connectivity index (χ1) is 9.90. The highest BCUT2D eigenvalue weighted by atomic mass is 32.1. The second-order valence-corrected chi connectivity index (χ2v) is 5.63. The smallest absolute Gasteiger partial charge is 0.228 e. The number of carbonyl (C=O) groups excluding carboxylic acids is 2. The SMILES string of the molecule is Cc1cccc(OCC(=O)c2nc(C)c(C(=O)[O-])s2)c1C. The zero-order chi connectivity index (χ0) is 15.6. The van der Waals surface area contributed by atoms with Crippen molar-refractivity contribution >= 4 is 23.1 Å². The molecule has 1 aromatic heterocycles. The number of aromatic carboxylic acids is 1. The number of benzene rings is 1. The predicted octanol–water partition coefficient (Wildman–Crippen LogP) is 1.69. The minimum absolute atomic E-state index is 0.0231. The zero-order valence-electron chi connectivity index (χ0n) is 11.9. The number of nitrogens with zero attached hydrogens (tertiary/aromatic N) is 1. The minimum atomic E-state index is -1.32. The van der Waals surface area contributed by atoms with Crippen LogP contribution in [0.4, 0.5) is 0 Å². The molecule has 0 N–H and O–H groups in total. The number of hydrogen-bond acceptors (Lipinski definition) is 6. The van der Waals surface area contributed by atoms with E-state index >= 15 is 0 Å². The van der Waals surface area contributed by atoms with E-state index in [0.29, 0.717) is 5.75 Å². The topological polar surface area (TPSA) is 79.3 Å². The Morgan fingerprint density at radius 1 is 1.29 bits per heavy atom. The van der Waals surface area contributed by atoms with Crippen LogP contribution in [0.3, 0.4) is 0 Å². The van der Waals surface area contributed by atoms with Crippen LogP contribution < -0.4 is 9.84 Å². The summed E-state index contributed by atoms with van der Waals surface area (Å²) < 4.78 is 5.50. The maximum atomic E-state index is 12.0. The molecule has 0 bridgehead atoms. The number of Topliss-reactive ketones (excluding diaryl/α,β-unsaturated/α-hetero) is 1. The first kappa shape index (κ1) is 15.2. The number of hydrogen-bond donors (Lipinski definition) is 0. The number of thiazole rings is 1. The van der Waals surface area contributed by atoms with E-state index in [2.05, 4.69) is 4.98 Å². The Hall–Kier alpha value is -2.21. The third kappa shape index (κ3) is 3.28. The van der Waals surface area contributed by atoms with E-state index in [0.717, 1.165) is 22.5 Å². The molecule has 0 atom stereocenters. The number of carboxylic acids is 1. The Bertz CT molecular complexity index is 706. The quantitative estimate of drug-likeness (QED) is 0.785. The number of carbonyl (C=O) groups is 2. The summed E-state index contributed by atoms with van der Waals surface area (Å²) in [7, 11) is 0. The van der Waals surface area contributed by atoms with Gasteiger partial charge in [0.1, 0.15) is 5.75 Å². The number of aromatic nitrogens is 1. The van der Waals surface area contributed by atoms with Gasteiger partial charge in [0.25, 0.3) is 0 Å². The summed E-state index contributed by atoms with van der Waals surface area (Å²) in [6, 6.07) is 5.60. The van der Waals surface area contributed by atoms with Gasteiger partial charge in [-0.05, 0) is 38.0 Å². The fourth-order valence-electron chi connectivity index (χ4n) is 1.79. The van der Waals surface area contributed by atoms with Gasteiger partial charge >= 0.3 is 0 Å². The average Bonchev–Trinajstić information content (AvgIpc) is 2.82. The molecule has 0 aliphatic rings. The molecule has 0 fully saturated rings. The van der Waals surface area contributed by atoms with E-state index < -0.39 is 5.97 Å². The predicted molar refractivity (Wildman–Crippen MR) is 76.9 cm³/mol. The Morgan fingerprint density at radius 2 is 2.00 bits per heavy atom. The maximum Gasteiger partial charge on any atom is 0.228 e. The normalized spacial score (nSPS) is 10.4. The maximum absolute atomic E-state index is 12.0. The fraction of sp³-hybridized carbons (Fsp3) is 0.267. The molecule has 0 aliphatic carbocycles. The molecule has 2 rings (SSSR count). The van der Waals surface area contributed by atoms with Crippen molar-refractivity contribution in [3.63, 3.8) is 0 Å². The van der Waals surface area contributed by atoms with Gasteiger partial charge in [-0.15, -0.1) is 11.3 Å². The van der Waals surface area contributed by atoms with Crippen LogP contribution in [0.2, 0.25) is 0 Å². The van der Waals surface area contributed by atoms with E-state index in [-0.39, 0.29) is 28.0 Å². The van der Waals surface area contributed by atoms with Crippen LogP contribution in [-0.2, 0) is 0 Å². The van der Waals surface area contributed by atoms with Gasteiger partial charge in [-0.3, -0.25) is 4.79 Å². The molecular formula is C15H14NO4S-. The van der Waals surface area contributed by atoms with Crippen LogP contribution in [0.25, 0.3) is 0 Å². The first-order valence-electron chi connectivity index (χ1n) is 6.31. The Balaban J connectivity index is 2.10. The van der Waals surface area contributed by atoms with Crippen molar-refractivity contribution < 1.29 is 19.4 Å². The van der Waals surface area contributed by atoms with Crippen molar-refractivity contribution in [2.24, 2.45) is 0 Å². The highest BCUT2D eigenvalue weighted by molar-refractivity contribution is 7.15. The zero-order valence-corrected chi connectivity index (χ0v) is 12.7. The molecule has 0 radical (unpaired) electrons.